The molecule has 3 atom stereocenters. The van der Waals surface area contributed by atoms with Crippen LogP contribution in [0.3, 0.4) is 0 Å². The van der Waals surface area contributed by atoms with Gasteiger partial charge in [0.2, 0.25) is 0 Å². The maximum atomic E-state index is 13.0. The SMILES string of the molecule is COc1ccc(C(=O)N2CC[C@]3(OC)CC[C@@H](O)C[C@H]23)cc1OC. The molecule has 132 valence electrons. The second-order valence-electron chi connectivity index (χ2n) is 6.53. The molecule has 1 heterocycles. The van der Waals surface area contributed by atoms with E-state index in [1.807, 2.05) is 4.90 Å². The molecular formula is C18H25NO5. The van der Waals surface area contributed by atoms with Gasteiger partial charge in [0.1, 0.15) is 0 Å². The summed E-state index contributed by atoms with van der Waals surface area (Å²) in [6.45, 7) is 0.637. The lowest BCUT2D eigenvalue weighted by Crippen LogP contribution is -2.52. The van der Waals surface area contributed by atoms with E-state index < -0.39 is 0 Å². The minimum atomic E-state index is -0.378. The monoisotopic (exact) mass is 335 g/mol. The van der Waals surface area contributed by atoms with Crippen LogP contribution in [-0.2, 0) is 4.74 Å². The fraction of sp³-hybridized carbons (Fsp3) is 0.611. The van der Waals surface area contributed by atoms with Gasteiger partial charge in [-0.05, 0) is 43.9 Å². The summed E-state index contributed by atoms with van der Waals surface area (Å²) in [7, 11) is 4.82. The third-order valence-electron chi connectivity index (χ3n) is 5.45. The fourth-order valence-corrected chi connectivity index (χ4v) is 4.05. The molecule has 0 radical (unpaired) electrons. The molecule has 2 fully saturated rings. The first kappa shape index (κ1) is 17.0. The lowest BCUT2D eigenvalue weighted by atomic mass is 9.79. The summed E-state index contributed by atoms with van der Waals surface area (Å²) in [4.78, 5) is 14.9. The number of hydrogen-bond acceptors (Lipinski definition) is 5. The van der Waals surface area contributed by atoms with E-state index in [9.17, 15) is 9.90 Å². The Hall–Kier alpha value is -1.79. The summed E-state index contributed by atoms with van der Waals surface area (Å²) < 4.78 is 16.3. The minimum Gasteiger partial charge on any atom is -0.493 e. The molecule has 1 N–H and O–H groups in total. The predicted molar refractivity (Wildman–Crippen MR) is 88.6 cm³/mol. The Labute approximate surface area is 142 Å². The zero-order chi connectivity index (χ0) is 17.3. The Balaban J connectivity index is 1.87. The molecule has 1 aliphatic carbocycles. The third kappa shape index (κ3) is 2.74. The number of hydrogen-bond donors (Lipinski definition) is 1. The topological polar surface area (TPSA) is 68.2 Å². The van der Waals surface area contributed by atoms with Crippen LogP contribution < -0.4 is 9.47 Å². The number of aliphatic hydroxyl groups is 1. The Kier molecular flexibility index (Phi) is 4.69. The van der Waals surface area contributed by atoms with Gasteiger partial charge in [-0.15, -0.1) is 0 Å². The standard InChI is InChI=1S/C18H25NO5/c1-22-14-5-4-12(10-15(14)23-2)17(21)19-9-8-18(24-3)7-6-13(20)11-16(18)19/h4-5,10,13,16,20H,6-9,11H2,1-3H3/t13-,16+,18-/m1/s1. The van der Waals surface area contributed by atoms with Gasteiger partial charge >= 0.3 is 0 Å². The molecule has 6 heteroatoms. The van der Waals surface area contributed by atoms with Crippen molar-refractivity contribution in [2.45, 2.75) is 43.4 Å². The molecule has 1 aliphatic heterocycles. The molecule has 2 aliphatic rings. The van der Waals surface area contributed by atoms with Crippen LogP contribution in [-0.4, -0.2) is 61.5 Å². The Morgan fingerprint density at radius 1 is 1.21 bits per heavy atom. The summed E-state index contributed by atoms with van der Waals surface area (Å²) in [6.07, 6.45) is 2.50. The molecule has 1 aromatic rings. The van der Waals surface area contributed by atoms with E-state index in [1.165, 1.54) is 0 Å². The van der Waals surface area contributed by atoms with Gasteiger partial charge in [0.25, 0.3) is 5.91 Å². The zero-order valence-electron chi connectivity index (χ0n) is 14.4. The van der Waals surface area contributed by atoms with Crippen LogP contribution in [0.5, 0.6) is 11.5 Å². The lowest BCUT2D eigenvalue weighted by Gasteiger charge is -2.42. The first-order chi connectivity index (χ1) is 11.5. The molecular weight excluding hydrogens is 310 g/mol. The van der Waals surface area contributed by atoms with E-state index in [0.717, 1.165) is 19.3 Å². The number of nitrogens with zero attached hydrogens (tertiary/aromatic N) is 1. The molecule has 0 bridgehead atoms. The molecule has 1 saturated heterocycles. The van der Waals surface area contributed by atoms with E-state index in [4.69, 9.17) is 14.2 Å². The second-order valence-corrected chi connectivity index (χ2v) is 6.53. The summed E-state index contributed by atoms with van der Waals surface area (Å²) in [6, 6.07) is 5.09. The second kappa shape index (κ2) is 6.61. The number of fused-ring (bicyclic) bond motifs is 1. The van der Waals surface area contributed by atoms with E-state index in [2.05, 4.69) is 0 Å². The van der Waals surface area contributed by atoms with E-state index in [1.54, 1.807) is 39.5 Å². The van der Waals surface area contributed by atoms with Crippen molar-refractivity contribution in [3.8, 4) is 11.5 Å². The Bertz CT molecular complexity index is 619. The molecule has 1 amide bonds. The molecule has 0 spiro atoms. The molecule has 6 nitrogen and oxygen atoms in total. The highest BCUT2D eigenvalue weighted by Crippen LogP contribution is 2.43. The highest BCUT2D eigenvalue weighted by Gasteiger charge is 2.52. The van der Waals surface area contributed by atoms with Crippen LogP contribution in [0, 0.1) is 0 Å². The smallest absolute Gasteiger partial charge is 0.254 e. The van der Waals surface area contributed by atoms with Gasteiger partial charge < -0.3 is 24.2 Å². The van der Waals surface area contributed by atoms with Crippen molar-refractivity contribution in [1.82, 2.24) is 4.90 Å². The van der Waals surface area contributed by atoms with Crippen LogP contribution in [0.25, 0.3) is 0 Å². The van der Waals surface area contributed by atoms with Crippen molar-refractivity contribution in [3.63, 3.8) is 0 Å². The number of ether oxygens (including phenoxy) is 3. The van der Waals surface area contributed by atoms with Crippen LogP contribution in [0.15, 0.2) is 18.2 Å². The molecule has 1 aromatic carbocycles. The average Bonchev–Trinajstić information content (AvgIpc) is 2.99. The summed E-state index contributed by atoms with van der Waals surface area (Å²) in [5, 5.41) is 10.1. The number of carbonyl (C=O) groups excluding carboxylic acids is 1. The van der Waals surface area contributed by atoms with Crippen molar-refractivity contribution in [1.29, 1.82) is 0 Å². The summed E-state index contributed by atoms with van der Waals surface area (Å²) in [5.74, 6) is 1.06. The molecule has 1 saturated carbocycles. The van der Waals surface area contributed by atoms with Crippen LogP contribution in [0.4, 0.5) is 0 Å². The van der Waals surface area contributed by atoms with Crippen molar-refractivity contribution >= 4 is 5.91 Å². The van der Waals surface area contributed by atoms with Crippen molar-refractivity contribution in [2.75, 3.05) is 27.9 Å². The summed E-state index contributed by atoms with van der Waals surface area (Å²) >= 11 is 0. The number of rotatable bonds is 4. The van der Waals surface area contributed by atoms with Crippen molar-refractivity contribution in [2.24, 2.45) is 0 Å². The van der Waals surface area contributed by atoms with Gasteiger partial charge in [0, 0.05) is 19.2 Å². The van der Waals surface area contributed by atoms with Crippen LogP contribution in [0.2, 0.25) is 0 Å². The van der Waals surface area contributed by atoms with Gasteiger partial charge in [-0.25, -0.2) is 0 Å². The highest BCUT2D eigenvalue weighted by atomic mass is 16.5. The normalized spacial score (nSPS) is 29.2. The maximum absolute atomic E-state index is 13.0. The fourth-order valence-electron chi connectivity index (χ4n) is 4.05. The molecule has 3 rings (SSSR count). The van der Waals surface area contributed by atoms with Gasteiger partial charge in [-0.2, -0.15) is 0 Å². The maximum Gasteiger partial charge on any atom is 0.254 e. The first-order valence-corrected chi connectivity index (χ1v) is 8.31. The quantitative estimate of drug-likeness (QED) is 0.909. The van der Waals surface area contributed by atoms with Gasteiger partial charge in [-0.1, -0.05) is 0 Å². The van der Waals surface area contributed by atoms with Crippen molar-refractivity contribution < 1.29 is 24.1 Å². The Morgan fingerprint density at radius 2 is 1.96 bits per heavy atom. The van der Waals surface area contributed by atoms with Gasteiger partial charge in [-0.3, -0.25) is 4.79 Å². The van der Waals surface area contributed by atoms with E-state index in [-0.39, 0.29) is 23.7 Å². The largest absolute Gasteiger partial charge is 0.493 e. The van der Waals surface area contributed by atoms with E-state index in [0.29, 0.717) is 30.0 Å². The highest BCUT2D eigenvalue weighted by molar-refractivity contribution is 5.95. The number of likely N-dealkylation sites (tertiary alicyclic amines) is 1. The Morgan fingerprint density at radius 3 is 2.62 bits per heavy atom. The minimum absolute atomic E-state index is 0.0611. The number of benzene rings is 1. The predicted octanol–water partition coefficient (Wildman–Crippen LogP) is 1.85. The zero-order valence-corrected chi connectivity index (χ0v) is 14.4. The van der Waals surface area contributed by atoms with Crippen molar-refractivity contribution in [3.05, 3.63) is 23.8 Å². The number of aliphatic hydroxyl groups excluding tert-OH is 1. The van der Waals surface area contributed by atoms with E-state index >= 15 is 0 Å². The number of carbonyl (C=O) groups is 1. The summed E-state index contributed by atoms with van der Waals surface area (Å²) in [5.41, 5.74) is 0.227. The molecule has 24 heavy (non-hydrogen) atoms. The molecule has 0 unspecified atom stereocenters. The lowest BCUT2D eigenvalue weighted by molar-refractivity contribution is -0.0824. The van der Waals surface area contributed by atoms with Gasteiger partial charge in [0.05, 0.1) is 32.0 Å². The first-order valence-electron chi connectivity index (χ1n) is 8.31. The van der Waals surface area contributed by atoms with Crippen LogP contribution >= 0.6 is 0 Å². The average molecular weight is 335 g/mol. The van der Waals surface area contributed by atoms with Crippen LogP contribution in [0.1, 0.15) is 36.0 Å². The number of amides is 1. The third-order valence-corrected chi connectivity index (χ3v) is 5.45. The number of methoxy groups -OCH3 is 3. The molecule has 0 aromatic heterocycles. The van der Waals surface area contributed by atoms with Gasteiger partial charge in [0.15, 0.2) is 11.5 Å².